The largest absolute Gasteiger partial charge is 0.508 e. The Morgan fingerprint density at radius 2 is 1.88 bits per heavy atom. The molecule has 2 unspecified atom stereocenters. The van der Waals surface area contributed by atoms with Gasteiger partial charge >= 0.3 is 6.01 Å². The number of fused-ring (bicyclic) bond motifs is 3. The summed E-state index contributed by atoms with van der Waals surface area (Å²) in [7, 11) is 4.04. The van der Waals surface area contributed by atoms with Gasteiger partial charge in [-0.3, -0.25) is 0 Å². The van der Waals surface area contributed by atoms with E-state index < -0.39 is 5.82 Å². The molecule has 8 heteroatoms. The van der Waals surface area contributed by atoms with Gasteiger partial charge in [-0.25, -0.2) is 4.39 Å². The molecule has 0 radical (unpaired) electrons. The molecule has 40 heavy (non-hydrogen) atoms. The molecular formula is C32H40FN5O2. The molecule has 2 N–H and O–H groups in total. The van der Waals surface area contributed by atoms with E-state index in [4.69, 9.17) is 9.72 Å². The summed E-state index contributed by atoms with van der Waals surface area (Å²) in [5, 5.41) is 15.1. The van der Waals surface area contributed by atoms with Crippen LogP contribution in [0.2, 0.25) is 0 Å². The number of aliphatic hydroxyl groups excluding tert-OH is 1. The van der Waals surface area contributed by atoms with Crippen LogP contribution in [0.5, 0.6) is 6.01 Å². The number of hydrogen-bond donors (Lipinski definition) is 2. The van der Waals surface area contributed by atoms with Crippen LogP contribution in [-0.2, 0) is 0 Å². The number of hydrogen-bond acceptors (Lipinski definition) is 7. The second-order valence-corrected chi connectivity index (χ2v) is 11.4. The van der Waals surface area contributed by atoms with Gasteiger partial charge in [0.2, 0.25) is 0 Å². The zero-order chi connectivity index (χ0) is 28.4. The second-order valence-electron chi connectivity index (χ2n) is 11.4. The fraction of sp³-hybridized carbons (Fsp3) is 0.438. The summed E-state index contributed by atoms with van der Waals surface area (Å²) < 4.78 is 22.4. The monoisotopic (exact) mass is 545 g/mol. The first-order chi connectivity index (χ1) is 19.2. The van der Waals surface area contributed by atoms with Gasteiger partial charge in [0.15, 0.2) is 5.82 Å². The molecule has 0 spiro atoms. The van der Waals surface area contributed by atoms with Crippen molar-refractivity contribution in [2.45, 2.75) is 52.1 Å². The van der Waals surface area contributed by atoms with Gasteiger partial charge in [0.05, 0.1) is 6.61 Å². The Balaban J connectivity index is 1.55. The molecule has 0 saturated carbocycles. The zero-order valence-corrected chi connectivity index (χ0v) is 24.2. The van der Waals surface area contributed by atoms with Crippen LogP contribution in [0.15, 0.2) is 42.2 Å². The standard InChI is InChI=1S/C32H40FN5O2/c1-20-9-6-7-10-23(20)17-26(39)15-21(2)28-22(3)16-27-30(29(28)33)35-32(40-14-8-13-37(4)5)36-31(27)38-18-24-11-12-25(19-38)34-24/h6-7,9-10,15-17,24-25,34,39H,8,11-14,18-19H2,1-5H3/b21-15+,26-17+. The van der Waals surface area contributed by atoms with Crippen LogP contribution in [0, 0.1) is 19.7 Å². The van der Waals surface area contributed by atoms with Gasteiger partial charge in [0, 0.05) is 42.7 Å². The van der Waals surface area contributed by atoms with Crippen molar-refractivity contribution < 1.29 is 14.2 Å². The minimum atomic E-state index is -0.424. The number of aryl methyl sites for hydroxylation is 2. The number of aliphatic hydroxyl groups is 1. The van der Waals surface area contributed by atoms with Gasteiger partial charge in [0.25, 0.3) is 0 Å². The minimum Gasteiger partial charge on any atom is -0.508 e. The fourth-order valence-corrected chi connectivity index (χ4v) is 5.87. The number of piperazine rings is 1. The molecule has 5 rings (SSSR count). The lowest BCUT2D eigenvalue weighted by molar-refractivity contribution is 0.264. The Hall–Kier alpha value is -3.49. The van der Waals surface area contributed by atoms with Crippen molar-refractivity contribution in [3.8, 4) is 6.01 Å². The van der Waals surface area contributed by atoms with Crippen molar-refractivity contribution in [3.63, 3.8) is 0 Å². The van der Waals surface area contributed by atoms with Crippen LogP contribution in [-0.4, -0.2) is 72.4 Å². The van der Waals surface area contributed by atoms with E-state index in [1.165, 1.54) is 0 Å². The van der Waals surface area contributed by atoms with E-state index in [9.17, 15) is 5.11 Å². The van der Waals surface area contributed by atoms with E-state index >= 15 is 4.39 Å². The Morgan fingerprint density at radius 3 is 2.58 bits per heavy atom. The molecule has 2 fully saturated rings. The van der Waals surface area contributed by atoms with Gasteiger partial charge in [-0.15, -0.1) is 0 Å². The number of rotatable bonds is 9. The van der Waals surface area contributed by atoms with Crippen LogP contribution in [0.3, 0.4) is 0 Å². The highest BCUT2D eigenvalue weighted by atomic mass is 19.1. The Bertz CT molecular complexity index is 1440. The summed E-state index contributed by atoms with van der Waals surface area (Å²) in [6.07, 6.45) is 6.40. The van der Waals surface area contributed by atoms with Gasteiger partial charge in [-0.05, 0) is 94.6 Å². The van der Waals surface area contributed by atoms with Crippen molar-refractivity contribution in [2.75, 3.05) is 45.2 Å². The van der Waals surface area contributed by atoms with Crippen LogP contribution < -0.4 is 15.0 Å². The number of allylic oxidation sites excluding steroid dienone is 2. The number of nitrogens with zero attached hydrogens (tertiary/aromatic N) is 4. The van der Waals surface area contributed by atoms with Crippen molar-refractivity contribution in [2.24, 2.45) is 0 Å². The summed E-state index contributed by atoms with van der Waals surface area (Å²) in [6.45, 7) is 8.67. The van der Waals surface area contributed by atoms with Crippen molar-refractivity contribution >= 4 is 28.4 Å². The molecule has 2 aliphatic heterocycles. The first-order valence-corrected chi connectivity index (χ1v) is 14.1. The maximum Gasteiger partial charge on any atom is 0.319 e. The average Bonchev–Trinajstić information content (AvgIpc) is 3.24. The van der Waals surface area contributed by atoms with Crippen molar-refractivity contribution in [1.82, 2.24) is 20.2 Å². The lowest BCUT2D eigenvalue weighted by atomic mass is 9.97. The molecule has 2 aliphatic rings. The van der Waals surface area contributed by atoms with E-state index in [0.29, 0.717) is 35.2 Å². The zero-order valence-electron chi connectivity index (χ0n) is 24.2. The highest BCUT2D eigenvalue weighted by Gasteiger charge is 2.34. The van der Waals surface area contributed by atoms with Gasteiger partial charge in [0.1, 0.15) is 17.1 Å². The van der Waals surface area contributed by atoms with Gasteiger partial charge < -0.3 is 25.0 Å². The molecule has 0 aliphatic carbocycles. The highest BCUT2D eigenvalue weighted by molar-refractivity contribution is 5.94. The first-order valence-electron chi connectivity index (χ1n) is 14.1. The number of aromatic nitrogens is 2. The Labute approximate surface area is 236 Å². The summed E-state index contributed by atoms with van der Waals surface area (Å²) in [5.41, 5.74) is 4.03. The Morgan fingerprint density at radius 1 is 1.15 bits per heavy atom. The maximum atomic E-state index is 16.4. The smallest absolute Gasteiger partial charge is 0.319 e. The summed E-state index contributed by atoms with van der Waals surface area (Å²) in [4.78, 5) is 13.7. The highest BCUT2D eigenvalue weighted by Crippen LogP contribution is 2.36. The van der Waals surface area contributed by atoms with E-state index in [2.05, 4.69) is 20.1 Å². The molecular weight excluding hydrogens is 505 g/mol. The topological polar surface area (TPSA) is 73.8 Å². The maximum absolute atomic E-state index is 16.4. The molecule has 2 atom stereocenters. The average molecular weight is 546 g/mol. The summed E-state index contributed by atoms with van der Waals surface area (Å²) >= 11 is 0. The number of nitrogens with one attached hydrogen (secondary N) is 1. The van der Waals surface area contributed by atoms with E-state index in [-0.39, 0.29) is 17.3 Å². The quantitative estimate of drug-likeness (QED) is 0.204. The number of anilines is 1. The Kier molecular flexibility index (Phi) is 8.38. The second kappa shape index (κ2) is 11.9. The molecule has 7 nitrogen and oxygen atoms in total. The van der Waals surface area contributed by atoms with E-state index in [0.717, 1.165) is 61.4 Å². The number of halogens is 1. The lowest BCUT2D eigenvalue weighted by Crippen LogP contribution is -2.51. The van der Waals surface area contributed by atoms with Crippen molar-refractivity contribution in [1.29, 1.82) is 0 Å². The summed E-state index contributed by atoms with van der Waals surface area (Å²) in [5.74, 6) is 0.367. The number of ether oxygens (including phenoxy) is 1. The summed E-state index contributed by atoms with van der Waals surface area (Å²) in [6, 6.07) is 10.8. The van der Waals surface area contributed by atoms with Crippen molar-refractivity contribution in [3.05, 3.63) is 70.2 Å². The van der Waals surface area contributed by atoms with E-state index in [1.807, 2.05) is 65.2 Å². The van der Waals surface area contributed by atoms with Crippen LogP contribution in [0.25, 0.3) is 22.6 Å². The third kappa shape index (κ3) is 6.13. The van der Waals surface area contributed by atoms with Crippen LogP contribution >= 0.6 is 0 Å². The van der Waals surface area contributed by atoms with Crippen LogP contribution in [0.4, 0.5) is 10.2 Å². The van der Waals surface area contributed by atoms with Gasteiger partial charge in [-0.1, -0.05) is 24.3 Å². The third-order valence-electron chi connectivity index (χ3n) is 7.84. The molecule has 0 amide bonds. The molecule has 3 heterocycles. The van der Waals surface area contributed by atoms with E-state index in [1.54, 1.807) is 12.2 Å². The predicted octanol–water partition coefficient (Wildman–Crippen LogP) is 5.66. The van der Waals surface area contributed by atoms with Gasteiger partial charge in [-0.2, -0.15) is 9.97 Å². The molecule has 2 saturated heterocycles. The number of benzene rings is 2. The molecule has 2 bridgehead atoms. The minimum absolute atomic E-state index is 0.0651. The first kappa shape index (κ1) is 28.1. The van der Waals surface area contributed by atoms with Crippen LogP contribution in [0.1, 0.15) is 48.4 Å². The molecule has 2 aromatic carbocycles. The molecule has 212 valence electrons. The molecule has 3 aromatic rings. The fourth-order valence-electron chi connectivity index (χ4n) is 5.87. The lowest BCUT2D eigenvalue weighted by Gasteiger charge is -2.34. The normalized spacial score (nSPS) is 19.6. The SMILES string of the molecule is C/C(=C\C(O)=C/c1ccccc1C)c1c(C)cc2c(N3CC4CCC(C3)N4)nc(OCCCN(C)C)nc2c1F. The predicted molar refractivity (Wildman–Crippen MR) is 160 cm³/mol. The molecule has 1 aromatic heterocycles. The third-order valence-corrected chi connectivity index (χ3v) is 7.84.